The highest BCUT2D eigenvalue weighted by Gasteiger charge is 2.06. The van der Waals surface area contributed by atoms with Crippen LogP contribution < -0.4 is 14.8 Å². The molecule has 0 unspecified atom stereocenters. The zero-order valence-corrected chi connectivity index (χ0v) is 11.6. The molecule has 0 bridgehead atoms. The maximum atomic E-state index is 5.99. The summed E-state index contributed by atoms with van der Waals surface area (Å²) in [5.41, 5.74) is 1.77. The Morgan fingerprint density at radius 3 is 2.74 bits per heavy atom. The Bertz CT molecular complexity index is 561. The van der Waals surface area contributed by atoms with Gasteiger partial charge in [-0.25, -0.2) is 4.98 Å². The van der Waals surface area contributed by atoms with Crippen LogP contribution in [-0.4, -0.2) is 19.2 Å². The van der Waals surface area contributed by atoms with E-state index in [4.69, 9.17) is 21.1 Å². The molecule has 0 atom stereocenters. The summed E-state index contributed by atoms with van der Waals surface area (Å²) < 4.78 is 10.5. The van der Waals surface area contributed by atoms with Gasteiger partial charge in [-0.3, -0.25) is 0 Å². The van der Waals surface area contributed by atoms with Crippen molar-refractivity contribution in [3.8, 4) is 11.5 Å². The SMILES string of the molecule is COc1ccc(OC)c(CNc2cccnc2Cl)c1. The molecule has 0 aliphatic rings. The van der Waals surface area contributed by atoms with Gasteiger partial charge in [0.05, 0.1) is 19.9 Å². The molecule has 0 aliphatic heterocycles. The van der Waals surface area contributed by atoms with E-state index in [1.807, 2.05) is 30.3 Å². The summed E-state index contributed by atoms with van der Waals surface area (Å²) in [5.74, 6) is 1.59. The normalized spacial score (nSPS) is 10.1. The largest absolute Gasteiger partial charge is 0.497 e. The monoisotopic (exact) mass is 278 g/mol. The maximum Gasteiger partial charge on any atom is 0.152 e. The van der Waals surface area contributed by atoms with Crippen LogP contribution in [0.25, 0.3) is 0 Å². The second-order valence-corrected chi connectivity index (χ2v) is 4.23. The van der Waals surface area contributed by atoms with Crippen LogP contribution in [0.4, 0.5) is 5.69 Å². The van der Waals surface area contributed by atoms with E-state index >= 15 is 0 Å². The van der Waals surface area contributed by atoms with Gasteiger partial charge in [-0.15, -0.1) is 0 Å². The van der Waals surface area contributed by atoms with Crippen molar-refractivity contribution in [2.24, 2.45) is 0 Å². The predicted octanol–water partition coefficient (Wildman–Crippen LogP) is 3.36. The van der Waals surface area contributed by atoms with Crippen LogP contribution in [0.2, 0.25) is 5.15 Å². The van der Waals surface area contributed by atoms with Crippen LogP contribution in [0.3, 0.4) is 0 Å². The number of pyridine rings is 1. The highest BCUT2D eigenvalue weighted by Crippen LogP contribution is 2.26. The molecule has 2 aromatic rings. The van der Waals surface area contributed by atoms with Gasteiger partial charge in [0.25, 0.3) is 0 Å². The lowest BCUT2D eigenvalue weighted by atomic mass is 10.2. The topological polar surface area (TPSA) is 43.4 Å². The van der Waals surface area contributed by atoms with Crippen LogP contribution in [0.1, 0.15) is 5.56 Å². The lowest BCUT2D eigenvalue weighted by Crippen LogP contribution is -2.03. The number of rotatable bonds is 5. The highest BCUT2D eigenvalue weighted by molar-refractivity contribution is 6.31. The molecule has 19 heavy (non-hydrogen) atoms. The summed E-state index contributed by atoms with van der Waals surface area (Å²) in [6, 6.07) is 9.37. The number of halogens is 1. The maximum absolute atomic E-state index is 5.99. The highest BCUT2D eigenvalue weighted by atomic mass is 35.5. The Labute approximate surface area is 117 Å². The van der Waals surface area contributed by atoms with Gasteiger partial charge in [0.15, 0.2) is 5.15 Å². The molecule has 0 spiro atoms. The van der Waals surface area contributed by atoms with E-state index < -0.39 is 0 Å². The summed E-state index contributed by atoms with van der Waals surface area (Å²) in [6.45, 7) is 0.575. The number of methoxy groups -OCH3 is 2. The molecular weight excluding hydrogens is 264 g/mol. The first-order chi connectivity index (χ1) is 9.24. The predicted molar refractivity (Wildman–Crippen MR) is 76.1 cm³/mol. The third-order valence-corrected chi connectivity index (χ3v) is 3.02. The van der Waals surface area contributed by atoms with Gasteiger partial charge in [0.2, 0.25) is 0 Å². The van der Waals surface area contributed by atoms with Crippen molar-refractivity contribution in [2.75, 3.05) is 19.5 Å². The summed E-state index contributed by atoms with van der Waals surface area (Å²) >= 11 is 5.99. The second-order valence-electron chi connectivity index (χ2n) is 3.87. The minimum Gasteiger partial charge on any atom is -0.497 e. The van der Waals surface area contributed by atoms with E-state index in [1.165, 1.54) is 0 Å². The fourth-order valence-corrected chi connectivity index (χ4v) is 1.91. The smallest absolute Gasteiger partial charge is 0.152 e. The zero-order chi connectivity index (χ0) is 13.7. The van der Waals surface area contributed by atoms with E-state index in [2.05, 4.69) is 10.3 Å². The molecule has 0 saturated heterocycles. The zero-order valence-electron chi connectivity index (χ0n) is 10.8. The first-order valence-corrected chi connectivity index (χ1v) is 6.17. The van der Waals surface area contributed by atoms with Crippen molar-refractivity contribution < 1.29 is 9.47 Å². The van der Waals surface area contributed by atoms with Gasteiger partial charge in [-0.2, -0.15) is 0 Å². The van der Waals surface area contributed by atoms with Crippen molar-refractivity contribution in [1.29, 1.82) is 0 Å². The summed E-state index contributed by atoms with van der Waals surface area (Å²) in [5, 5.41) is 3.67. The molecule has 4 nitrogen and oxygen atoms in total. The fraction of sp³-hybridized carbons (Fsp3) is 0.214. The Morgan fingerprint density at radius 1 is 1.21 bits per heavy atom. The van der Waals surface area contributed by atoms with Crippen molar-refractivity contribution >= 4 is 17.3 Å². The molecular formula is C14H15ClN2O2. The minimum atomic E-state index is 0.448. The van der Waals surface area contributed by atoms with Crippen LogP contribution >= 0.6 is 11.6 Å². The van der Waals surface area contributed by atoms with Gasteiger partial charge >= 0.3 is 0 Å². The molecule has 5 heteroatoms. The van der Waals surface area contributed by atoms with Crippen LogP contribution in [-0.2, 0) is 6.54 Å². The Morgan fingerprint density at radius 2 is 2.05 bits per heavy atom. The number of aromatic nitrogens is 1. The number of anilines is 1. The number of benzene rings is 1. The minimum absolute atomic E-state index is 0.448. The lowest BCUT2D eigenvalue weighted by molar-refractivity contribution is 0.399. The first kappa shape index (κ1) is 13.5. The Hall–Kier alpha value is -1.94. The van der Waals surface area contributed by atoms with Crippen molar-refractivity contribution in [1.82, 2.24) is 4.98 Å². The Balaban J connectivity index is 2.16. The first-order valence-electron chi connectivity index (χ1n) is 5.80. The average Bonchev–Trinajstić information content (AvgIpc) is 2.46. The van der Waals surface area contributed by atoms with Gasteiger partial charge in [0, 0.05) is 18.3 Å². The van der Waals surface area contributed by atoms with Crippen LogP contribution in [0.5, 0.6) is 11.5 Å². The van der Waals surface area contributed by atoms with E-state index in [9.17, 15) is 0 Å². The van der Waals surface area contributed by atoms with Gasteiger partial charge in [0.1, 0.15) is 11.5 Å². The fourth-order valence-electron chi connectivity index (χ4n) is 1.73. The van der Waals surface area contributed by atoms with Crippen molar-refractivity contribution in [3.63, 3.8) is 0 Å². The van der Waals surface area contributed by atoms with Gasteiger partial charge in [-0.1, -0.05) is 11.6 Å². The molecule has 1 N–H and O–H groups in total. The summed E-state index contributed by atoms with van der Waals surface area (Å²) in [6.07, 6.45) is 1.65. The summed E-state index contributed by atoms with van der Waals surface area (Å²) in [4.78, 5) is 4.01. The molecule has 1 aromatic carbocycles. The quantitative estimate of drug-likeness (QED) is 0.852. The van der Waals surface area contributed by atoms with E-state index in [0.717, 1.165) is 22.7 Å². The second kappa shape index (κ2) is 6.29. The number of nitrogens with zero attached hydrogens (tertiary/aromatic N) is 1. The summed E-state index contributed by atoms with van der Waals surface area (Å²) in [7, 11) is 3.28. The number of ether oxygens (including phenoxy) is 2. The van der Waals surface area contributed by atoms with E-state index in [0.29, 0.717) is 11.7 Å². The molecule has 1 heterocycles. The van der Waals surface area contributed by atoms with Gasteiger partial charge < -0.3 is 14.8 Å². The molecule has 0 aliphatic carbocycles. The van der Waals surface area contributed by atoms with Crippen molar-refractivity contribution in [3.05, 3.63) is 47.2 Å². The molecule has 0 amide bonds. The van der Waals surface area contributed by atoms with Crippen LogP contribution in [0, 0.1) is 0 Å². The Kier molecular flexibility index (Phi) is 4.47. The molecule has 0 saturated carbocycles. The van der Waals surface area contributed by atoms with E-state index in [1.54, 1.807) is 20.4 Å². The lowest BCUT2D eigenvalue weighted by Gasteiger charge is -2.12. The van der Waals surface area contributed by atoms with E-state index in [-0.39, 0.29) is 0 Å². The average molecular weight is 279 g/mol. The third-order valence-electron chi connectivity index (χ3n) is 2.72. The number of nitrogens with one attached hydrogen (secondary N) is 1. The van der Waals surface area contributed by atoms with Crippen molar-refractivity contribution in [2.45, 2.75) is 6.54 Å². The van der Waals surface area contributed by atoms with Gasteiger partial charge in [-0.05, 0) is 30.3 Å². The number of hydrogen-bond acceptors (Lipinski definition) is 4. The standard InChI is InChI=1S/C14H15ClN2O2/c1-18-11-5-6-13(19-2)10(8-11)9-17-12-4-3-7-16-14(12)15/h3-8,17H,9H2,1-2H3. The number of hydrogen-bond donors (Lipinski definition) is 1. The molecule has 0 fully saturated rings. The molecule has 0 radical (unpaired) electrons. The third kappa shape index (κ3) is 3.29. The van der Waals surface area contributed by atoms with Crippen LogP contribution in [0.15, 0.2) is 36.5 Å². The molecule has 1 aromatic heterocycles. The molecule has 2 rings (SSSR count). The molecule has 100 valence electrons.